The Morgan fingerprint density at radius 3 is 2.19 bits per heavy atom. The Hall–Kier alpha value is -0.770. The molecule has 0 saturated heterocycles. The van der Waals surface area contributed by atoms with Gasteiger partial charge in [0.05, 0.1) is 16.6 Å². The van der Waals surface area contributed by atoms with Gasteiger partial charge in [-0.05, 0) is 17.5 Å². The maximum absolute atomic E-state index is 12.3. The van der Waals surface area contributed by atoms with E-state index in [1.54, 1.807) is 0 Å². The molecule has 0 bridgehead atoms. The number of nitrogens with one attached hydrogen (secondary N) is 1. The second kappa shape index (κ2) is 6.99. The van der Waals surface area contributed by atoms with E-state index in [-0.39, 0.29) is 33.4 Å². The van der Waals surface area contributed by atoms with Gasteiger partial charge in [0.2, 0.25) is 10.0 Å². The standard InChI is InChI=1S/C14H18Cl2N2O2S/c1-14(2,3)9-18-21(19,20)13-11(15)7-10(5-4-6-17)8-12(13)16/h7-8,18H,6,9,17H2,1-3H3. The van der Waals surface area contributed by atoms with Crippen molar-refractivity contribution in [2.75, 3.05) is 13.1 Å². The second-order valence-electron chi connectivity index (χ2n) is 5.66. The third-order valence-electron chi connectivity index (χ3n) is 2.39. The number of nitrogens with two attached hydrogens (primary N) is 1. The van der Waals surface area contributed by atoms with Crippen LogP contribution >= 0.6 is 23.2 Å². The molecule has 3 N–H and O–H groups in total. The van der Waals surface area contributed by atoms with Crippen molar-refractivity contribution in [1.82, 2.24) is 4.72 Å². The zero-order valence-corrected chi connectivity index (χ0v) is 14.5. The van der Waals surface area contributed by atoms with Gasteiger partial charge in [-0.25, -0.2) is 13.1 Å². The van der Waals surface area contributed by atoms with Crippen molar-refractivity contribution in [2.45, 2.75) is 25.7 Å². The minimum absolute atomic E-state index is 0.0326. The monoisotopic (exact) mass is 348 g/mol. The van der Waals surface area contributed by atoms with E-state index >= 15 is 0 Å². The van der Waals surface area contributed by atoms with Crippen LogP contribution in [0.5, 0.6) is 0 Å². The van der Waals surface area contributed by atoms with E-state index in [4.69, 9.17) is 28.9 Å². The molecule has 1 aromatic rings. The molecule has 116 valence electrons. The van der Waals surface area contributed by atoms with Crippen molar-refractivity contribution < 1.29 is 8.42 Å². The first kappa shape index (κ1) is 18.3. The summed E-state index contributed by atoms with van der Waals surface area (Å²) in [7, 11) is -3.78. The average molecular weight is 349 g/mol. The highest BCUT2D eigenvalue weighted by Crippen LogP contribution is 2.31. The predicted octanol–water partition coefficient (Wildman–Crippen LogP) is 2.63. The van der Waals surface area contributed by atoms with Crippen LogP contribution in [0.4, 0.5) is 0 Å². The van der Waals surface area contributed by atoms with E-state index in [1.165, 1.54) is 12.1 Å². The van der Waals surface area contributed by atoms with Gasteiger partial charge in [0, 0.05) is 12.1 Å². The minimum atomic E-state index is -3.78. The Kier molecular flexibility index (Phi) is 6.09. The number of sulfonamides is 1. The van der Waals surface area contributed by atoms with Gasteiger partial charge in [-0.2, -0.15) is 0 Å². The summed E-state index contributed by atoms with van der Waals surface area (Å²) in [6.07, 6.45) is 0. The predicted molar refractivity (Wildman–Crippen MR) is 87.0 cm³/mol. The molecule has 21 heavy (non-hydrogen) atoms. The summed E-state index contributed by atoms with van der Waals surface area (Å²) in [5, 5.41) is 0.0652. The molecule has 0 aliphatic carbocycles. The normalized spacial score (nSPS) is 11.9. The van der Waals surface area contributed by atoms with Crippen LogP contribution in [-0.4, -0.2) is 21.5 Å². The molecular weight excluding hydrogens is 331 g/mol. The Labute approximate surface area is 136 Å². The lowest BCUT2D eigenvalue weighted by molar-refractivity contribution is 0.407. The molecule has 0 heterocycles. The van der Waals surface area contributed by atoms with Crippen LogP contribution in [0.3, 0.4) is 0 Å². The molecule has 0 atom stereocenters. The highest BCUT2D eigenvalue weighted by molar-refractivity contribution is 7.89. The third kappa shape index (κ3) is 5.50. The summed E-state index contributed by atoms with van der Waals surface area (Å²) in [6.45, 7) is 6.23. The zero-order valence-electron chi connectivity index (χ0n) is 12.1. The summed E-state index contributed by atoms with van der Waals surface area (Å²) < 4.78 is 27.1. The van der Waals surface area contributed by atoms with Crippen molar-refractivity contribution in [3.05, 3.63) is 27.7 Å². The lowest BCUT2D eigenvalue weighted by Gasteiger charge is -2.19. The summed E-state index contributed by atoms with van der Waals surface area (Å²) in [5.41, 5.74) is 5.61. The summed E-state index contributed by atoms with van der Waals surface area (Å²) in [6, 6.07) is 2.92. The van der Waals surface area contributed by atoms with E-state index in [9.17, 15) is 8.42 Å². The van der Waals surface area contributed by atoms with Gasteiger partial charge < -0.3 is 5.73 Å². The van der Waals surface area contributed by atoms with Gasteiger partial charge in [0.25, 0.3) is 0 Å². The maximum atomic E-state index is 12.3. The lowest BCUT2D eigenvalue weighted by atomic mass is 9.98. The van der Waals surface area contributed by atoms with Gasteiger partial charge in [0.15, 0.2) is 0 Å². The highest BCUT2D eigenvalue weighted by atomic mass is 35.5. The number of rotatable bonds is 3. The first-order chi connectivity index (χ1) is 9.57. The maximum Gasteiger partial charge on any atom is 0.243 e. The zero-order chi connectivity index (χ0) is 16.3. The van der Waals surface area contributed by atoms with Crippen molar-refractivity contribution >= 4 is 33.2 Å². The van der Waals surface area contributed by atoms with Crippen LogP contribution in [0.1, 0.15) is 26.3 Å². The molecule has 7 heteroatoms. The van der Waals surface area contributed by atoms with E-state index in [2.05, 4.69) is 16.6 Å². The fourth-order valence-corrected chi connectivity index (χ4v) is 3.92. The molecule has 0 saturated carbocycles. The summed E-state index contributed by atoms with van der Waals surface area (Å²) >= 11 is 12.1. The lowest BCUT2D eigenvalue weighted by Crippen LogP contribution is -2.32. The largest absolute Gasteiger partial charge is 0.320 e. The number of halogens is 2. The Bertz CT molecular complexity index is 660. The Morgan fingerprint density at radius 2 is 1.76 bits per heavy atom. The molecule has 0 fully saturated rings. The number of hydrogen-bond acceptors (Lipinski definition) is 3. The molecule has 1 aromatic carbocycles. The first-order valence-corrected chi connectivity index (χ1v) is 8.48. The van der Waals surface area contributed by atoms with Crippen molar-refractivity contribution in [2.24, 2.45) is 11.1 Å². The van der Waals surface area contributed by atoms with Gasteiger partial charge in [-0.3, -0.25) is 0 Å². The Morgan fingerprint density at radius 1 is 1.24 bits per heavy atom. The van der Waals surface area contributed by atoms with Crippen LogP contribution in [0.15, 0.2) is 17.0 Å². The van der Waals surface area contributed by atoms with Gasteiger partial charge in [-0.1, -0.05) is 55.8 Å². The fourth-order valence-electron chi connectivity index (χ4n) is 1.43. The van der Waals surface area contributed by atoms with E-state index in [0.29, 0.717) is 5.56 Å². The molecule has 0 amide bonds. The highest BCUT2D eigenvalue weighted by Gasteiger charge is 2.24. The molecule has 0 radical (unpaired) electrons. The van der Waals surface area contributed by atoms with Crippen LogP contribution in [0, 0.1) is 17.3 Å². The topological polar surface area (TPSA) is 72.2 Å². The molecule has 0 unspecified atom stereocenters. The third-order valence-corrected chi connectivity index (χ3v) is 4.72. The average Bonchev–Trinajstić information content (AvgIpc) is 2.32. The second-order valence-corrected chi connectivity index (χ2v) is 8.18. The number of benzene rings is 1. The van der Waals surface area contributed by atoms with E-state index in [1.807, 2.05) is 20.8 Å². The van der Waals surface area contributed by atoms with E-state index < -0.39 is 10.0 Å². The van der Waals surface area contributed by atoms with Crippen LogP contribution in [-0.2, 0) is 10.0 Å². The van der Waals surface area contributed by atoms with Crippen LogP contribution < -0.4 is 10.5 Å². The van der Waals surface area contributed by atoms with Crippen molar-refractivity contribution in [1.29, 1.82) is 0 Å². The molecular formula is C14H18Cl2N2O2S. The van der Waals surface area contributed by atoms with E-state index in [0.717, 1.165) is 0 Å². The summed E-state index contributed by atoms with van der Waals surface area (Å²) in [5.74, 6) is 5.42. The quantitative estimate of drug-likeness (QED) is 0.824. The molecule has 4 nitrogen and oxygen atoms in total. The van der Waals surface area contributed by atoms with Crippen LogP contribution in [0.2, 0.25) is 10.0 Å². The van der Waals surface area contributed by atoms with Crippen molar-refractivity contribution in [3.63, 3.8) is 0 Å². The molecule has 0 spiro atoms. The fraction of sp³-hybridized carbons (Fsp3) is 0.429. The first-order valence-electron chi connectivity index (χ1n) is 6.24. The van der Waals surface area contributed by atoms with Gasteiger partial charge >= 0.3 is 0 Å². The minimum Gasteiger partial charge on any atom is -0.320 e. The molecule has 0 aliphatic heterocycles. The smallest absolute Gasteiger partial charge is 0.243 e. The van der Waals surface area contributed by atoms with Gasteiger partial charge in [-0.15, -0.1) is 0 Å². The van der Waals surface area contributed by atoms with Crippen LogP contribution in [0.25, 0.3) is 0 Å². The molecule has 0 aliphatic rings. The summed E-state index contributed by atoms with van der Waals surface area (Å²) in [4.78, 5) is -0.131. The molecule has 0 aromatic heterocycles. The SMILES string of the molecule is CC(C)(C)CNS(=O)(=O)c1c(Cl)cc(C#CCN)cc1Cl. The van der Waals surface area contributed by atoms with Crippen molar-refractivity contribution in [3.8, 4) is 11.8 Å². The van der Waals surface area contributed by atoms with Gasteiger partial charge in [0.1, 0.15) is 4.90 Å². The Balaban J connectivity index is 3.19. The molecule has 1 rings (SSSR count). The number of hydrogen-bond donors (Lipinski definition) is 2.